The molecule has 0 radical (unpaired) electrons. The third kappa shape index (κ3) is 1.84. The number of allylic oxidation sites excluding steroid dienone is 2. The molecule has 0 aromatic heterocycles. The van der Waals surface area contributed by atoms with E-state index in [9.17, 15) is 14.7 Å². The van der Waals surface area contributed by atoms with E-state index in [0.29, 0.717) is 6.54 Å². The highest BCUT2D eigenvalue weighted by Crippen LogP contribution is 2.53. The molecule has 2 saturated carbocycles. The highest BCUT2D eigenvalue weighted by molar-refractivity contribution is 6.06. The fraction of sp³-hybridized carbons (Fsp3) is 0.765. The summed E-state index contributed by atoms with van der Waals surface area (Å²) in [4.78, 5) is 26.9. The molecule has 2 amide bonds. The number of fused-ring (bicyclic) bond motifs is 5. The van der Waals surface area contributed by atoms with E-state index in [0.717, 1.165) is 32.1 Å². The molecular weight excluding hydrogens is 266 g/mol. The molecule has 4 rings (SSSR count). The Morgan fingerprint density at radius 2 is 1.62 bits per heavy atom. The van der Waals surface area contributed by atoms with E-state index in [-0.39, 0.29) is 47.5 Å². The van der Waals surface area contributed by atoms with Gasteiger partial charge in [-0.05, 0) is 31.1 Å². The molecule has 0 aromatic rings. The predicted octanol–water partition coefficient (Wildman–Crippen LogP) is 1.74. The maximum absolute atomic E-state index is 12.7. The van der Waals surface area contributed by atoms with Crippen LogP contribution in [0.2, 0.25) is 0 Å². The van der Waals surface area contributed by atoms with Gasteiger partial charge in [-0.25, -0.2) is 0 Å². The van der Waals surface area contributed by atoms with Crippen LogP contribution in [0.15, 0.2) is 12.2 Å². The summed E-state index contributed by atoms with van der Waals surface area (Å²) < 4.78 is 0. The summed E-state index contributed by atoms with van der Waals surface area (Å²) in [5.41, 5.74) is -0.241. The van der Waals surface area contributed by atoms with Gasteiger partial charge < -0.3 is 5.11 Å². The van der Waals surface area contributed by atoms with Crippen LogP contribution in [0.3, 0.4) is 0 Å². The molecule has 2 bridgehead atoms. The lowest BCUT2D eigenvalue weighted by molar-refractivity contribution is -0.143. The summed E-state index contributed by atoms with van der Waals surface area (Å²) >= 11 is 0. The van der Waals surface area contributed by atoms with Gasteiger partial charge in [-0.3, -0.25) is 14.5 Å². The highest BCUT2D eigenvalue weighted by Gasteiger charge is 2.59. The normalized spacial score (nSPS) is 40.1. The van der Waals surface area contributed by atoms with E-state index in [4.69, 9.17) is 0 Å². The Hall–Kier alpha value is -1.16. The number of carbonyl (C=O) groups excluding carboxylic acids is 2. The first-order chi connectivity index (χ1) is 10.2. The van der Waals surface area contributed by atoms with Gasteiger partial charge in [-0.2, -0.15) is 0 Å². The minimum Gasteiger partial charge on any atom is -0.396 e. The fourth-order valence-corrected chi connectivity index (χ4v) is 5.12. The van der Waals surface area contributed by atoms with Crippen molar-refractivity contribution in [2.24, 2.45) is 29.1 Å². The van der Waals surface area contributed by atoms with Crippen LogP contribution in [0.1, 0.15) is 38.5 Å². The monoisotopic (exact) mass is 289 g/mol. The van der Waals surface area contributed by atoms with Crippen LogP contribution in [0.5, 0.6) is 0 Å². The summed E-state index contributed by atoms with van der Waals surface area (Å²) in [6.07, 6.45) is 10.5. The van der Waals surface area contributed by atoms with E-state index in [1.807, 2.05) is 0 Å². The Morgan fingerprint density at radius 3 is 2.14 bits per heavy atom. The molecule has 4 nitrogen and oxygen atoms in total. The Bertz CT molecular complexity index is 476. The van der Waals surface area contributed by atoms with Crippen LogP contribution in [0, 0.1) is 29.1 Å². The second-order valence-corrected chi connectivity index (χ2v) is 7.48. The van der Waals surface area contributed by atoms with Gasteiger partial charge in [0, 0.05) is 12.0 Å². The lowest BCUT2D eigenvalue weighted by Crippen LogP contribution is -2.45. The molecular formula is C17H23NO3. The van der Waals surface area contributed by atoms with Gasteiger partial charge in [-0.15, -0.1) is 0 Å². The molecule has 3 aliphatic carbocycles. The predicted molar refractivity (Wildman–Crippen MR) is 77.0 cm³/mol. The Balaban J connectivity index is 1.56. The number of hydrogen-bond acceptors (Lipinski definition) is 3. The molecule has 0 aromatic carbocycles. The van der Waals surface area contributed by atoms with Gasteiger partial charge in [-0.1, -0.05) is 31.4 Å². The van der Waals surface area contributed by atoms with Crippen molar-refractivity contribution in [1.29, 1.82) is 0 Å². The van der Waals surface area contributed by atoms with Crippen LogP contribution in [0.25, 0.3) is 0 Å². The molecule has 0 spiro atoms. The van der Waals surface area contributed by atoms with E-state index < -0.39 is 0 Å². The van der Waals surface area contributed by atoms with Gasteiger partial charge in [0.05, 0.1) is 18.4 Å². The minimum absolute atomic E-state index is 0.0280. The Morgan fingerprint density at radius 1 is 1.05 bits per heavy atom. The summed E-state index contributed by atoms with van der Waals surface area (Å²) in [7, 11) is 0. The average Bonchev–Trinajstić information content (AvgIpc) is 3.18. The number of carbonyl (C=O) groups is 2. The lowest BCUT2D eigenvalue weighted by atomic mass is 9.74. The van der Waals surface area contributed by atoms with Crippen molar-refractivity contribution in [1.82, 2.24) is 4.90 Å². The number of hydrogen-bond donors (Lipinski definition) is 1. The first kappa shape index (κ1) is 13.5. The van der Waals surface area contributed by atoms with Crippen molar-refractivity contribution >= 4 is 11.8 Å². The van der Waals surface area contributed by atoms with Crippen molar-refractivity contribution in [2.45, 2.75) is 38.5 Å². The zero-order valence-corrected chi connectivity index (χ0v) is 12.3. The molecule has 1 heterocycles. The minimum atomic E-state index is -0.241. The largest absolute Gasteiger partial charge is 0.396 e. The first-order valence-corrected chi connectivity index (χ1v) is 8.30. The van der Waals surface area contributed by atoms with Crippen LogP contribution in [0.4, 0.5) is 0 Å². The highest BCUT2D eigenvalue weighted by atomic mass is 16.3. The average molecular weight is 289 g/mol. The van der Waals surface area contributed by atoms with Gasteiger partial charge >= 0.3 is 0 Å². The first-order valence-electron chi connectivity index (χ1n) is 8.30. The maximum atomic E-state index is 12.7. The molecule has 1 N–H and O–H groups in total. The summed E-state index contributed by atoms with van der Waals surface area (Å²) in [5.74, 6) is 0.398. The molecule has 1 saturated heterocycles. The number of amides is 2. The molecule has 4 atom stereocenters. The number of aliphatic hydroxyl groups excluding tert-OH is 1. The second-order valence-electron chi connectivity index (χ2n) is 7.48. The number of rotatable bonds is 3. The van der Waals surface area contributed by atoms with E-state index >= 15 is 0 Å². The van der Waals surface area contributed by atoms with Gasteiger partial charge in [0.1, 0.15) is 0 Å². The van der Waals surface area contributed by atoms with Gasteiger partial charge in [0.15, 0.2) is 0 Å². The summed E-state index contributed by atoms with van der Waals surface area (Å²) in [6, 6.07) is 0. The van der Waals surface area contributed by atoms with Gasteiger partial charge in [0.25, 0.3) is 0 Å². The van der Waals surface area contributed by atoms with E-state index in [2.05, 4.69) is 12.2 Å². The molecule has 4 unspecified atom stereocenters. The van der Waals surface area contributed by atoms with Crippen molar-refractivity contribution < 1.29 is 14.7 Å². The maximum Gasteiger partial charge on any atom is 0.233 e. The molecule has 114 valence electrons. The van der Waals surface area contributed by atoms with Crippen molar-refractivity contribution in [3.8, 4) is 0 Å². The van der Waals surface area contributed by atoms with Crippen LogP contribution in [-0.2, 0) is 9.59 Å². The lowest BCUT2D eigenvalue weighted by Gasteiger charge is -2.38. The Kier molecular flexibility index (Phi) is 3.00. The summed E-state index contributed by atoms with van der Waals surface area (Å²) in [5, 5.41) is 9.83. The fourth-order valence-electron chi connectivity index (χ4n) is 5.12. The topological polar surface area (TPSA) is 57.6 Å². The number of imide groups is 1. The number of likely N-dealkylation sites (tertiary alicyclic amines) is 1. The van der Waals surface area contributed by atoms with Crippen LogP contribution < -0.4 is 0 Å². The molecule has 4 aliphatic rings. The van der Waals surface area contributed by atoms with E-state index in [1.54, 1.807) is 0 Å². The summed E-state index contributed by atoms with van der Waals surface area (Å²) in [6.45, 7) is 0.526. The van der Waals surface area contributed by atoms with Crippen LogP contribution >= 0.6 is 0 Å². The van der Waals surface area contributed by atoms with Gasteiger partial charge in [0.2, 0.25) is 11.8 Å². The second kappa shape index (κ2) is 4.67. The molecule has 21 heavy (non-hydrogen) atoms. The van der Waals surface area contributed by atoms with Crippen molar-refractivity contribution in [3.63, 3.8) is 0 Å². The van der Waals surface area contributed by atoms with Crippen molar-refractivity contribution in [3.05, 3.63) is 12.2 Å². The van der Waals surface area contributed by atoms with Crippen LogP contribution in [-0.4, -0.2) is 35.0 Å². The SMILES string of the molecule is O=C1C2C3C=CC(C3)C2C(=O)N1CC1(CO)CCCCC1. The Labute approximate surface area is 125 Å². The zero-order chi connectivity index (χ0) is 14.6. The standard InChI is InChI=1S/C17H23NO3/c19-10-17(6-2-1-3-7-17)9-18-15(20)13-11-4-5-12(8-11)14(13)16(18)21/h4-5,11-14,19H,1-3,6-10H2. The van der Waals surface area contributed by atoms with E-state index in [1.165, 1.54) is 11.3 Å². The quantitative estimate of drug-likeness (QED) is 0.636. The molecule has 4 heteroatoms. The number of nitrogens with zero attached hydrogens (tertiary/aromatic N) is 1. The molecule has 3 fully saturated rings. The third-order valence-electron chi connectivity index (χ3n) is 6.30. The van der Waals surface area contributed by atoms with Crippen molar-refractivity contribution in [2.75, 3.05) is 13.2 Å². The number of aliphatic hydroxyl groups is 1. The molecule has 1 aliphatic heterocycles. The third-order valence-corrected chi connectivity index (χ3v) is 6.30. The zero-order valence-electron chi connectivity index (χ0n) is 12.3. The smallest absolute Gasteiger partial charge is 0.233 e.